The highest BCUT2D eigenvalue weighted by Crippen LogP contribution is 2.15. The number of hydrogen-bond acceptors (Lipinski definition) is 3. The number of rotatable bonds is 2. The number of nitroso groups, excluding NO2 is 1. The van der Waals surface area contributed by atoms with Crippen molar-refractivity contribution in [3.05, 3.63) is 4.91 Å². The van der Waals surface area contributed by atoms with Crippen LogP contribution in [0.4, 0.5) is 0 Å². The molecule has 0 saturated carbocycles. The summed E-state index contributed by atoms with van der Waals surface area (Å²) in [5.41, 5.74) is 5.43. The molecule has 1 heterocycles. The van der Waals surface area contributed by atoms with Gasteiger partial charge in [-0.1, -0.05) is 0 Å². The van der Waals surface area contributed by atoms with Gasteiger partial charge in [0, 0.05) is 13.1 Å². The zero-order valence-corrected chi connectivity index (χ0v) is 5.99. The van der Waals surface area contributed by atoms with E-state index in [1.807, 2.05) is 0 Å². The largest absolute Gasteiger partial charge is 0.328 e. The van der Waals surface area contributed by atoms with Gasteiger partial charge in [-0.2, -0.15) is 0 Å². The van der Waals surface area contributed by atoms with Crippen LogP contribution in [0.3, 0.4) is 0 Å². The lowest BCUT2D eigenvalue weighted by Crippen LogP contribution is -2.40. The van der Waals surface area contributed by atoms with E-state index in [1.54, 1.807) is 5.01 Å². The Kier molecular flexibility index (Phi) is 2.62. The Morgan fingerprint density at radius 3 is 2.90 bits per heavy atom. The van der Waals surface area contributed by atoms with Crippen molar-refractivity contribution in [2.24, 2.45) is 11.0 Å². The first-order valence-electron chi connectivity index (χ1n) is 3.68. The topological polar surface area (TPSA) is 58.7 Å². The lowest BCUT2D eigenvalue weighted by atomic mass is 10.0. The third-order valence-corrected chi connectivity index (χ3v) is 1.97. The first-order chi connectivity index (χ1) is 4.88. The van der Waals surface area contributed by atoms with Crippen LogP contribution in [0.2, 0.25) is 0 Å². The Hall–Kier alpha value is -0.640. The molecule has 1 aliphatic rings. The minimum atomic E-state index is 0.200. The van der Waals surface area contributed by atoms with Gasteiger partial charge in [0.25, 0.3) is 0 Å². The van der Waals surface area contributed by atoms with E-state index in [0.717, 1.165) is 19.4 Å². The molecule has 0 spiro atoms. The summed E-state index contributed by atoms with van der Waals surface area (Å²) in [6, 6.07) is 0.200. The molecule has 0 bridgehead atoms. The highest BCUT2D eigenvalue weighted by Gasteiger charge is 2.19. The highest BCUT2D eigenvalue weighted by molar-refractivity contribution is 4.74. The number of hydrogen-bond donors (Lipinski definition) is 1. The van der Waals surface area contributed by atoms with Gasteiger partial charge in [-0.15, -0.1) is 4.91 Å². The molecule has 58 valence electrons. The third-order valence-electron chi connectivity index (χ3n) is 1.97. The SMILES string of the molecule is NCC1CCCCN1N=O. The van der Waals surface area contributed by atoms with Crippen LogP contribution in [0.15, 0.2) is 5.29 Å². The second kappa shape index (κ2) is 3.51. The van der Waals surface area contributed by atoms with Crippen LogP contribution in [-0.2, 0) is 0 Å². The molecule has 1 aliphatic heterocycles. The van der Waals surface area contributed by atoms with Crippen LogP contribution in [0.5, 0.6) is 0 Å². The number of nitrogens with zero attached hydrogens (tertiary/aromatic N) is 2. The average Bonchev–Trinajstić information content (AvgIpc) is 2.04. The fraction of sp³-hybridized carbons (Fsp3) is 1.00. The summed E-state index contributed by atoms with van der Waals surface area (Å²) in [5.74, 6) is 0. The van der Waals surface area contributed by atoms with Crippen molar-refractivity contribution in [2.45, 2.75) is 25.3 Å². The highest BCUT2D eigenvalue weighted by atomic mass is 16.3. The molecule has 0 aromatic rings. The molecule has 0 aromatic carbocycles. The fourth-order valence-corrected chi connectivity index (χ4v) is 1.33. The van der Waals surface area contributed by atoms with Crippen molar-refractivity contribution in [2.75, 3.05) is 13.1 Å². The van der Waals surface area contributed by atoms with Crippen molar-refractivity contribution in [3.63, 3.8) is 0 Å². The van der Waals surface area contributed by atoms with E-state index in [9.17, 15) is 4.91 Å². The molecule has 4 nitrogen and oxygen atoms in total. The van der Waals surface area contributed by atoms with Gasteiger partial charge in [-0.05, 0) is 19.3 Å². The van der Waals surface area contributed by atoms with E-state index in [-0.39, 0.29) is 6.04 Å². The molecule has 1 rings (SSSR count). The molecule has 4 heteroatoms. The van der Waals surface area contributed by atoms with E-state index in [2.05, 4.69) is 5.29 Å². The molecule has 1 fully saturated rings. The van der Waals surface area contributed by atoms with E-state index < -0.39 is 0 Å². The molecule has 0 aromatic heterocycles. The molecule has 10 heavy (non-hydrogen) atoms. The summed E-state index contributed by atoms with van der Waals surface area (Å²) in [6.45, 7) is 1.33. The van der Waals surface area contributed by atoms with Gasteiger partial charge in [-0.3, -0.25) is 5.01 Å². The predicted octanol–water partition coefficient (Wildman–Crippen LogP) is 0.481. The molecular weight excluding hydrogens is 130 g/mol. The molecule has 1 saturated heterocycles. The normalized spacial score (nSPS) is 26.5. The van der Waals surface area contributed by atoms with E-state index >= 15 is 0 Å². The maximum Gasteiger partial charge on any atom is 0.0624 e. The average molecular weight is 143 g/mol. The summed E-state index contributed by atoms with van der Waals surface area (Å²) in [5, 5.41) is 4.46. The molecule has 0 radical (unpaired) electrons. The lowest BCUT2D eigenvalue weighted by molar-refractivity contribution is 0.156. The maximum absolute atomic E-state index is 10.1. The predicted molar refractivity (Wildman–Crippen MR) is 39.2 cm³/mol. The number of nitrogens with two attached hydrogens (primary N) is 1. The lowest BCUT2D eigenvalue weighted by Gasteiger charge is -2.29. The summed E-state index contributed by atoms with van der Waals surface area (Å²) in [4.78, 5) is 10.1. The van der Waals surface area contributed by atoms with E-state index in [4.69, 9.17) is 5.73 Å². The zero-order chi connectivity index (χ0) is 7.40. The standard InChI is InChI=1S/C6H13N3O/c7-5-6-3-1-2-4-9(6)8-10/h6H,1-5,7H2. The zero-order valence-electron chi connectivity index (χ0n) is 5.99. The van der Waals surface area contributed by atoms with Crippen molar-refractivity contribution in [3.8, 4) is 0 Å². The van der Waals surface area contributed by atoms with Crippen LogP contribution in [0, 0.1) is 4.91 Å². The first-order valence-corrected chi connectivity index (χ1v) is 3.68. The van der Waals surface area contributed by atoms with Crippen molar-refractivity contribution >= 4 is 0 Å². The van der Waals surface area contributed by atoms with Gasteiger partial charge >= 0.3 is 0 Å². The molecular formula is C6H13N3O. The van der Waals surface area contributed by atoms with Crippen molar-refractivity contribution < 1.29 is 0 Å². The Bertz CT molecular complexity index is 118. The van der Waals surface area contributed by atoms with Crippen LogP contribution in [-0.4, -0.2) is 24.1 Å². The minimum absolute atomic E-state index is 0.200. The molecule has 0 amide bonds. The van der Waals surface area contributed by atoms with Crippen LogP contribution in [0.1, 0.15) is 19.3 Å². The Morgan fingerprint density at radius 2 is 2.40 bits per heavy atom. The molecule has 2 N–H and O–H groups in total. The quantitative estimate of drug-likeness (QED) is 0.572. The minimum Gasteiger partial charge on any atom is -0.328 e. The van der Waals surface area contributed by atoms with Gasteiger partial charge in [0.2, 0.25) is 0 Å². The molecule has 0 aliphatic carbocycles. The van der Waals surface area contributed by atoms with Gasteiger partial charge in [-0.25, -0.2) is 0 Å². The van der Waals surface area contributed by atoms with Crippen molar-refractivity contribution in [1.82, 2.24) is 5.01 Å². The van der Waals surface area contributed by atoms with Gasteiger partial charge < -0.3 is 5.73 Å². The van der Waals surface area contributed by atoms with Gasteiger partial charge in [0.15, 0.2) is 0 Å². The van der Waals surface area contributed by atoms with Crippen LogP contribution >= 0.6 is 0 Å². The summed E-state index contributed by atoms with van der Waals surface area (Å²) < 4.78 is 0. The maximum atomic E-state index is 10.1. The van der Waals surface area contributed by atoms with Gasteiger partial charge in [0.05, 0.1) is 11.3 Å². The fourth-order valence-electron chi connectivity index (χ4n) is 1.33. The van der Waals surface area contributed by atoms with Crippen molar-refractivity contribution in [1.29, 1.82) is 0 Å². The van der Waals surface area contributed by atoms with Crippen LogP contribution < -0.4 is 5.73 Å². The second-order valence-electron chi connectivity index (χ2n) is 2.63. The Balaban J connectivity index is 2.41. The number of piperidine rings is 1. The first kappa shape index (κ1) is 7.47. The van der Waals surface area contributed by atoms with E-state index in [1.165, 1.54) is 6.42 Å². The van der Waals surface area contributed by atoms with E-state index in [0.29, 0.717) is 6.54 Å². The summed E-state index contributed by atoms with van der Waals surface area (Å²) in [7, 11) is 0. The monoisotopic (exact) mass is 143 g/mol. The second-order valence-corrected chi connectivity index (χ2v) is 2.63. The molecule has 1 unspecified atom stereocenters. The molecule has 1 atom stereocenters. The van der Waals surface area contributed by atoms with Gasteiger partial charge in [0.1, 0.15) is 0 Å². The Morgan fingerprint density at radius 1 is 1.60 bits per heavy atom. The summed E-state index contributed by atoms with van der Waals surface area (Å²) >= 11 is 0. The smallest absolute Gasteiger partial charge is 0.0624 e. The van der Waals surface area contributed by atoms with Crippen LogP contribution in [0.25, 0.3) is 0 Å². The summed E-state index contributed by atoms with van der Waals surface area (Å²) in [6.07, 6.45) is 3.26. The Labute approximate surface area is 60.3 Å². The third kappa shape index (κ3) is 1.44.